The van der Waals surface area contributed by atoms with Crippen molar-refractivity contribution in [3.05, 3.63) is 0 Å². The molecule has 1 atom stereocenters. The maximum absolute atomic E-state index is 8.63. The Kier molecular flexibility index (Phi) is 2.93. The highest BCUT2D eigenvalue weighted by molar-refractivity contribution is 4.47. The highest BCUT2D eigenvalue weighted by Crippen LogP contribution is 2.01. The summed E-state index contributed by atoms with van der Waals surface area (Å²) in [5.74, 6) is -0.176. The van der Waals surface area contributed by atoms with E-state index in [9.17, 15) is 0 Å². The minimum absolute atomic E-state index is 0.176. The normalized spacial score (nSPS) is 15.4. The lowest BCUT2D eigenvalue weighted by Gasteiger charge is -2.16. The third kappa shape index (κ3) is 2.23. The zero-order chi connectivity index (χ0) is 6.73. The molecule has 1 unspecified atom stereocenters. The van der Waals surface area contributed by atoms with Crippen LogP contribution >= 0.6 is 0 Å². The summed E-state index contributed by atoms with van der Waals surface area (Å²) in [5, 5.41) is 24.7. The molecule has 0 aromatic heterocycles. The van der Waals surface area contributed by atoms with E-state index in [1.807, 2.05) is 0 Å². The molecular formula is C4H11NO3. The van der Waals surface area contributed by atoms with Crippen LogP contribution in [-0.2, 0) is 0 Å². The Morgan fingerprint density at radius 3 is 1.62 bits per heavy atom. The monoisotopic (exact) mass is 121 g/mol. The first-order valence-electron chi connectivity index (χ1n) is 2.40. The van der Waals surface area contributed by atoms with Crippen molar-refractivity contribution < 1.29 is 15.5 Å². The number of hydrogen-bond donors (Lipinski definition) is 3. The summed E-state index contributed by atoms with van der Waals surface area (Å²) in [6.07, 6.45) is -1.19. The summed E-state index contributed by atoms with van der Waals surface area (Å²) >= 11 is 0. The molecule has 0 saturated heterocycles. The van der Waals surface area contributed by atoms with E-state index in [4.69, 9.17) is 15.5 Å². The highest BCUT2D eigenvalue weighted by Gasteiger charge is 2.13. The molecule has 50 valence electrons. The predicted octanol–water partition coefficient (Wildman–Crippen LogP) is 0.0412. The molecule has 0 amide bonds. The number of hydrogen-bond acceptors (Lipinski definition) is 4. The van der Waals surface area contributed by atoms with Crippen LogP contribution in [0.3, 0.4) is 0 Å². The Balaban J connectivity index is 3.46. The van der Waals surface area contributed by atoms with Gasteiger partial charge in [-0.15, -0.1) is 0 Å². The highest BCUT2D eigenvalue weighted by atomic mass is 16.8. The first-order valence-corrected chi connectivity index (χ1v) is 2.40. The second kappa shape index (κ2) is 2.99. The molecule has 3 N–H and O–H groups in total. The standard InChI is InChI=1S/C4H11NO3/c1-3(2)4(6)5(7)8/h3-4,6-8H,1-2H3. The third-order valence-electron chi connectivity index (χ3n) is 0.833. The molecule has 0 aromatic carbocycles. The van der Waals surface area contributed by atoms with E-state index in [0.717, 1.165) is 0 Å². The van der Waals surface area contributed by atoms with Crippen LogP contribution in [-0.4, -0.2) is 27.0 Å². The van der Waals surface area contributed by atoms with Crippen LogP contribution in [0.4, 0.5) is 0 Å². The average molecular weight is 121 g/mol. The van der Waals surface area contributed by atoms with E-state index in [-0.39, 0.29) is 11.1 Å². The second-order valence-electron chi connectivity index (χ2n) is 1.98. The molecule has 0 bridgehead atoms. The summed E-state index contributed by atoms with van der Waals surface area (Å²) in [5.41, 5.74) is 0. The van der Waals surface area contributed by atoms with Gasteiger partial charge in [0.05, 0.1) is 0 Å². The van der Waals surface area contributed by atoms with Gasteiger partial charge in [-0.1, -0.05) is 13.8 Å². The van der Waals surface area contributed by atoms with Gasteiger partial charge >= 0.3 is 0 Å². The maximum Gasteiger partial charge on any atom is 0.158 e. The van der Waals surface area contributed by atoms with Crippen molar-refractivity contribution in [2.75, 3.05) is 0 Å². The largest absolute Gasteiger partial charge is 0.373 e. The number of nitrogens with zero attached hydrogens (tertiary/aromatic N) is 1. The Labute approximate surface area is 47.9 Å². The summed E-state index contributed by atoms with van der Waals surface area (Å²) < 4.78 is 0. The minimum Gasteiger partial charge on any atom is -0.373 e. The predicted molar refractivity (Wildman–Crippen MR) is 26.3 cm³/mol. The zero-order valence-corrected chi connectivity index (χ0v) is 4.94. The number of aliphatic hydroxyl groups excluding tert-OH is 1. The van der Waals surface area contributed by atoms with Crippen molar-refractivity contribution in [3.8, 4) is 0 Å². The summed E-state index contributed by atoms with van der Waals surface area (Å²) in [6.45, 7) is 3.34. The lowest BCUT2D eigenvalue weighted by molar-refractivity contribution is -0.378. The van der Waals surface area contributed by atoms with Crippen molar-refractivity contribution in [1.29, 1.82) is 0 Å². The van der Waals surface area contributed by atoms with Crippen LogP contribution < -0.4 is 0 Å². The lowest BCUT2D eigenvalue weighted by atomic mass is 10.2. The van der Waals surface area contributed by atoms with Gasteiger partial charge < -0.3 is 5.11 Å². The Morgan fingerprint density at radius 1 is 1.25 bits per heavy atom. The molecule has 0 aromatic rings. The summed E-state index contributed by atoms with van der Waals surface area (Å²) in [4.78, 5) is 0. The van der Waals surface area contributed by atoms with Crippen molar-refractivity contribution >= 4 is 0 Å². The van der Waals surface area contributed by atoms with E-state index in [1.54, 1.807) is 13.8 Å². The van der Waals surface area contributed by atoms with Gasteiger partial charge in [0, 0.05) is 0 Å². The van der Waals surface area contributed by atoms with E-state index in [0.29, 0.717) is 0 Å². The molecule has 4 nitrogen and oxygen atoms in total. The van der Waals surface area contributed by atoms with Gasteiger partial charge in [-0.2, -0.15) is 0 Å². The molecule has 0 saturated carbocycles. The Bertz CT molecular complexity index is 56.3. The average Bonchev–Trinajstić information content (AvgIpc) is 1.64. The fourth-order valence-electron chi connectivity index (χ4n) is 0.267. The topological polar surface area (TPSA) is 63.9 Å². The summed E-state index contributed by atoms with van der Waals surface area (Å²) in [7, 11) is 0. The molecule has 0 aliphatic rings. The van der Waals surface area contributed by atoms with Gasteiger partial charge in [-0.3, -0.25) is 10.4 Å². The van der Waals surface area contributed by atoms with Crippen molar-refractivity contribution in [2.45, 2.75) is 20.1 Å². The van der Waals surface area contributed by atoms with Crippen LogP contribution in [0, 0.1) is 5.92 Å². The van der Waals surface area contributed by atoms with Crippen LogP contribution in [0.25, 0.3) is 0 Å². The first-order chi connectivity index (χ1) is 3.55. The van der Waals surface area contributed by atoms with Gasteiger partial charge in [0.25, 0.3) is 0 Å². The van der Waals surface area contributed by atoms with Crippen molar-refractivity contribution in [1.82, 2.24) is 5.23 Å². The lowest BCUT2D eigenvalue weighted by Crippen LogP contribution is -2.33. The SMILES string of the molecule is CC(C)C(O)N(O)O. The quantitative estimate of drug-likeness (QED) is 0.356. The van der Waals surface area contributed by atoms with Gasteiger partial charge in [0.1, 0.15) is 0 Å². The molecule has 8 heavy (non-hydrogen) atoms. The van der Waals surface area contributed by atoms with Gasteiger partial charge in [0.15, 0.2) is 6.23 Å². The number of rotatable bonds is 2. The molecular weight excluding hydrogens is 110 g/mol. The first kappa shape index (κ1) is 7.84. The van der Waals surface area contributed by atoms with Gasteiger partial charge in [0.2, 0.25) is 0 Å². The van der Waals surface area contributed by atoms with Crippen LogP contribution in [0.1, 0.15) is 13.8 Å². The molecule has 0 spiro atoms. The summed E-state index contributed by atoms with van der Waals surface area (Å²) in [6, 6.07) is 0. The van der Waals surface area contributed by atoms with Crippen molar-refractivity contribution in [2.24, 2.45) is 5.92 Å². The van der Waals surface area contributed by atoms with Crippen LogP contribution in [0.15, 0.2) is 0 Å². The zero-order valence-electron chi connectivity index (χ0n) is 4.94. The van der Waals surface area contributed by atoms with Gasteiger partial charge in [-0.25, -0.2) is 0 Å². The van der Waals surface area contributed by atoms with E-state index < -0.39 is 6.23 Å². The molecule has 0 heterocycles. The fraction of sp³-hybridized carbons (Fsp3) is 1.00. The van der Waals surface area contributed by atoms with E-state index in [1.165, 1.54) is 0 Å². The molecule has 0 rings (SSSR count). The molecule has 4 heteroatoms. The Morgan fingerprint density at radius 2 is 1.62 bits per heavy atom. The fourth-order valence-corrected chi connectivity index (χ4v) is 0.267. The second-order valence-corrected chi connectivity index (χ2v) is 1.98. The Hall–Kier alpha value is -0.160. The van der Waals surface area contributed by atoms with Crippen molar-refractivity contribution in [3.63, 3.8) is 0 Å². The smallest absolute Gasteiger partial charge is 0.158 e. The van der Waals surface area contributed by atoms with Gasteiger partial charge in [-0.05, 0) is 11.1 Å². The molecule has 0 aliphatic heterocycles. The number of aliphatic hydroxyl groups is 1. The van der Waals surface area contributed by atoms with Crippen LogP contribution in [0.5, 0.6) is 0 Å². The van der Waals surface area contributed by atoms with E-state index >= 15 is 0 Å². The molecule has 0 fully saturated rings. The number of hydroxylamine groups is 2. The third-order valence-corrected chi connectivity index (χ3v) is 0.833. The molecule has 0 aliphatic carbocycles. The molecule has 0 radical (unpaired) electrons. The maximum atomic E-state index is 8.63. The van der Waals surface area contributed by atoms with Crippen LogP contribution in [0.2, 0.25) is 0 Å². The minimum atomic E-state index is -1.19. The van der Waals surface area contributed by atoms with E-state index in [2.05, 4.69) is 0 Å².